The summed E-state index contributed by atoms with van der Waals surface area (Å²) < 4.78 is 28.1. The molecule has 8 heteroatoms. The van der Waals surface area contributed by atoms with Gasteiger partial charge in [-0.05, 0) is 30.4 Å². The zero-order valence-electron chi connectivity index (χ0n) is 12.9. The Morgan fingerprint density at radius 2 is 2.09 bits per heavy atom. The summed E-state index contributed by atoms with van der Waals surface area (Å²) in [5.74, 6) is -0.274. The maximum absolute atomic E-state index is 12.5. The average Bonchev–Trinajstić information content (AvgIpc) is 3.25. The number of rotatable bonds is 5. The van der Waals surface area contributed by atoms with Gasteiger partial charge in [-0.2, -0.15) is 4.31 Å². The first-order valence-electron chi connectivity index (χ1n) is 7.45. The average molecular weight is 353 g/mol. The van der Waals surface area contributed by atoms with Crippen LogP contribution in [0.4, 0.5) is 0 Å². The molecule has 124 valence electrons. The van der Waals surface area contributed by atoms with Crippen LogP contribution in [0.5, 0.6) is 0 Å². The van der Waals surface area contributed by atoms with E-state index in [1.165, 1.54) is 16.6 Å². The summed E-state index contributed by atoms with van der Waals surface area (Å²) >= 11 is 1.57. The van der Waals surface area contributed by atoms with Crippen molar-refractivity contribution in [2.24, 2.45) is 7.05 Å². The van der Waals surface area contributed by atoms with Crippen molar-refractivity contribution in [2.45, 2.75) is 24.3 Å². The van der Waals surface area contributed by atoms with E-state index >= 15 is 0 Å². The SMILES string of the molecule is Cn1cc(S(=O)(=O)N2CCCC2)cc1C(=O)NCc1cccs1. The van der Waals surface area contributed by atoms with E-state index in [1.807, 2.05) is 17.5 Å². The molecule has 1 saturated heterocycles. The van der Waals surface area contributed by atoms with Crippen LogP contribution in [0.15, 0.2) is 34.7 Å². The van der Waals surface area contributed by atoms with Gasteiger partial charge in [-0.1, -0.05) is 6.07 Å². The fourth-order valence-electron chi connectivity index (χ4n) is 2.65. The standard InChI is InChI=1S/C15H19N3O3S2/c1-17-11-13(23(20,21)18-6-2-3-7-18)9-14(17)15(19)16-10-12-5-4-8-22-12/h4-5,8-9,11H,2-3,6-7,10H2,1H3,(H,16,19). The van der Waals surface area contributed by atoms with Crippen molar-refractivity contribution in [1.29, 1.82) is 0 Å². The molecule has 1 aliphatic heterocycles. The van der Waals surface area contributed by atoms with Crippen LogP contribution in [0.2, 0.25) is 0 Å². The van der Waals surface area contributed by atoms with Crippen LogP contribution in [0.1, 0.15) is 28.2 Å². The molecule has 1 aliphatic rings. The third-order valence-electron chi connectivity index (χ3n) is 3.92. The Bertz CT molecular complexity index is 788. The van der Waals surface area contributed by atoms with Crippen molar-refractivity contribution in [3.63, 3.8) is 0 Å². The first-order chi connectivity index (χ1) is 11.0. The Kier molecular flexibility index (Phi) is 4.56. The molecular weight excluding hydrogens is 334 g/mol. The van der Waals surface area contributed by atoms with Crippen LogP contribution in [0.3, 0.4) is 0 Å². The van der Waals surface area contributed by atoms with E-state index in [0.717, 1.165) is 17.7 Å². The van der Waals surface area contributed by atoms with Gasteiger partial charge in [-0.3, -0.25) is 4.79 Å². The summed E-state index contributed by atoms with van der Waals surface area (Å²) in [4.78, 5) is 13.5. The normalized spacial score (nSPS) is 15.9. The molecule has 0 radical (unpaired) electrons. The Morgan fingerprint density at radius 1 is 1.35 bits per heavy atom. The monoisotopic (exact) mass is 353 g/mol. The molecule has 0 atom stereocenters. The largest absolute Gasteiger partial charge is 0.346 e. The van der Waals surface area contributed by atoms with Crippen molar-refractivity contribution in [3.8, 4) is 0 Å². The number of aryl methyl sites for hydroxylation is 1. The molecule has 2 aromatic rings. The topological polar surface area (TPSA) is 71.4 Å². The van der Waals surface area contributed by atoms with Crippen LogP contribution in [-0.4, -0.2) is 36.3 Å². The molecule has 0 spiro atoms. The zero-order chi connectivity index (χ0) is 16.4. The molecule has 3 heterocycles. The van der Waals surface area contributed by atoms with Gasteiger partial charge >= 0.3 is 0 Å². The minimum Gasteiger partial charge on any atom is -0.346 e. The number of carbonyl (C=O) groups excluding carboxylic acids is 1. The molecule has 6 nitrogen and oxygen atoms in total. The minimum atomic E-state index is -3.50. The molecule has 1 amide bonds. The molecule has 23 heavy (non-hydrogen) atoms. The number of nitrogens with one attached hydrogen (secondary N) is 1. The molecular formula is C15H19N3O3S2. The van der Waals surface area contributed by atoms with E-state index in [4.69, 9.17) is 0 Å². The molecule has 0 bridgehead atoms. The Morgan fingerprint density at radius 3 is 2.74 bits per heavy atom. The summed E-state index contributed by atoms with van der Waals surface area (Å²) in [6.07, 6.45) is 3.29. The number of nitrogens with zero attached hydrogens (tertiary/aromatic N) is 2. The highest BCUT2D eigenvalue weighted by atomic mass is 32.2. The lowest BCUT2D eigenvalue weighted by atomic mass is 10.4. The molecule has 0 aliphatic carbocycles. The van der Waals surface area contributed by atoms with Crippen LogP contribution in [0.25, 0.3) is 0 Å². The lowest BCUT2D eigenvalue weighted by Crippen LogP contribution is -2.27. The molecule has 1 fully saturated rings. The van der Waals surface area contributed by atoms with Crippen LogP contribution < -0.4 is 5.32 Å². The number of hydrogen-bond acceptors (Lipinski definition) is 4. The molecule has 2 aromatic heterocycles. The van der Waals surface area contributed by atoms with Gasteiger partial charge in [0.25, 0.3) is 5.91 Å². The van der Waals surface area contributed by atoms with Gasteiger partial charge in [0.2, 0.25) is 10.0 Å². The van der Waals surface area contributed by atoms with Gasteiger partial charge in [-0.25, -0.2) is 8.42 Å². The third kappa shape index (κ3) is 3.34. The van der Waals surface area contributed by atoms with Gasteiger partial charge in [-0.15, -0.1) is 11.3 Å². The van der Waals surface area contributed by atoms with Crippen LogP contribution >= 0.6 is 11.3 Å². The lowest BCUT2D eigenvalue weighted by molar-refractivity contribution is 0.0943. The Labute approximate surface area is 139 Å². The van der Waals surface area contributed by atoms with Crippen molar-refractivity contribution in [3.05, 3.63) is 40.3 Å². The Balaban J connectivity index is 1.76. The second kappa shape index (κ2) is 6.46. The van der Waals surface area contributed by atoms with Crippen molar-refractivity contribution >= 4 is 27.3 Å². The summed E-state index contributed by atoms with van der Waals surface area (Å²) in [5, 5.41) is 4.77. The third-order valence-corrected chi connectivity index (χ3v) is 6.66. The second-order valence-electron chi connectivity index (χ2n) is 5.55. The van der Waals surface area contributed by atoms with Gasteiger partial charge in [0.05, 0.1) is 6.54 Å². The maximum atomic E-state index is 12.5. The van der Waals surface area contributed by atoms with E-state index in [-0.39, 0.29) is 10.8 Å². The summed E-state index contributed by atoms with van der Waals surface area (Å²) in [5.41, 5.74) is 0.347. The Hall–Kier alpha value is -1.64. The lowest BCUT2D eigenvalue weighted by Gasteiger charge is -2.13. The van der Waals surface area contributed by atoms with E-state index in [0.29, 0.717) is 25.3 Å². The van der Waals surface area contributed by atoms with E-state index in [9.17, 15) is 13.2 Å². The molecule has 0 aromatic carbocycles. The van der Waals surface area contributed by atoms with E-state index < -0.39 is 10.0 Å². The van der Waals surface area contributed by atoms with Gasteiger partial charge < -0.3 is 9.88 Å². The van der Waals surface area contributed by atoms with E-state index in [2.05, 4.69) is 5.32 Å². The fraction of sp³-hybridized carbons (Fsp3) is 0.400. The minimum absolute atomic E-state index is 0.183. The summed E-state index contributed by atoms with van der Waals surface area (Å²) in [6, 6.07) is 5.33. The van der Waals surface area contributed by atoms with Crippen molar-refractivity contribution in [2.75, 3.05) is 13.1 Å². The number of thiophene rings is 1. The first kappa shape index (κ1) is 16.2. The van der Waals surface area contributed by atoms with Crippen molar-refractivity contribution < 1.29 is 13.2 Å². The van der Waals surface area contributed by atoms with E-state index in [1.54, 1.807) is 23.0 Å². The highest BCUT2D eigenvalue weighted by Gasteiger charge is 2.29. The summed E-state index contributed by atoms with van der Waals surface area (Å²) in [6.45, 7) is 1.55. The van der Waals surface area contributed by atoms with Gasteiger partial charge in [0.1, 0.15) is 10.6 Å². The van der Waals surface area contributed by atoms with Gasteiger partial charge in [0.15, 0.2) is 0 Å². The van der Waals surface area contributed by atoms with Crippen LogP contribution in [0, 0.1) is 0 Å². The predicted molar refractivity (Wildman–Crippen MR) is 88.9 cm³/mol. The second-order valence-corrected chi connectivity index (χ2v) is 8.52. The number of amides is 1. The van der Waals surface area contributed by atoms with Gasteiger partial charge in [0, 0.05) is 31.2 Å². The van der Waals surface area contributed by atoms with Crippen molar-refractivity contribution in [1.82, 2.24) is 14.2 Å². The smallest absolute Gasteiger partial charge is 0.268 e. The highest BCUT2D eigenvalue weighted by Crippen LogP contribution is 2.22. The molecule has 0 unspecified atom stereocenters. The fourth-order valence-corrected chi connectivity index (χ4v) is 4.88. The maximum Gasteiger partial charge on any atom is 0.268 e. The highest BCUT2D eigenvalue weighted by molar-refractivity contribution is 7.89. The summed E-state index contributed by atoms with van der Waals surface area (Å²) in [7, 11) is -1.81. The zero-order valence-corrected chi connectivity index (χ0v) is 14.5. The quantitative estimate of drug-likeness (QED) is 0.891. The number of aromatic nitrogens is 1. The number of carbonyl (C=O) groups is 1. The first-order valence-corrected chi connectivity index (χ1v) is 9.77. The van der Waals surface area contributed by atoms with Crippen LogP contribution in [-0.2, 0) is 23.6 Å². The predicted octanol–water partition coefficient (Wildman–Crippen LogP) is 1.80. The molecule has 0 saturated carbocycles. The molecule has 3 rings (SSSR count). The number of hydrogen-bond donors (Lipinski definition) is 1. The number of sulfonamides is 1. The molecule has 1 N–H and O–H groups in total.